The van der Waals surface area contributed by atoms with E-state index in [1.165, 1.54) is 0 Å². The van der Waals surface area contributed by atoms with Gasteiger partial charge >= 0.3 is 5.97 Å². The van der Waals surface area contributed by atoms with Crippen molar-refractivity contribution in [2.24, 2.45) is 17.6 Å². The smallest absolute Gasteiger partial charge is 0.329 e. The average Bonchev–Trinajstić information content (AvgIpc) is 2.45. The molecule has 1 amide bonds. The molecule has 1 fully saturated rings. The van der Waals surface area contributed by atoms with Crippen molar-refractivity contribution in [2.45, 2.75) is 64.3 Å². The molecule has 0 bridgehead atoms. The Balaban J connectivity index is 2.64. The Kier molecular flexibility index (Phi) is 6.46. The predicted molar refractivity (Wildman–Crippen MR) is 78.2 cm³/mol. The summed E-state index contributed by atoms with van der Waals surface area (Å²) in [5.74, 6) is -0.644. The summed E-state index contributed by atoms with van der Waals surface area (Å²) in [7, 11) is 0. The summed E-state index contributed by atoms with van der Waals surface area (Å²) >= 11 is 0. The summed E-state index contributed by atoms with van der Waals surface area (Å²) < 4.78 is 0. The summed E-state index contributed by atoms with van der Waals surface area (Å²) in [6.07, 6.45) is 5.39. The zero-order valence-electron chi connectivity index (χ0n) is 12.7. The van der Waals surface area contributed by atoms with Crippen molar-refractivity contribution < 1.29 is 14.7 Å². The summed E-state index contributed by atoms with van der Waals surface area (Å²) in [5.41, 5.74) is 4.38. The van der Waals surface area contributed by atoms with Gasteiger partial charge < -0.3 is 16.2 Å². The van der Waals surface area contributed by atoms with Crippen LogP contribution in [0.3, 0.4) is 0 Å². The number of aliphatic carboxylic acids is 1. The van der Waals surface area contributed by atoms with Gasteiger partial charge in [0.1, 0.15) is 5.54 Å². The van der Waals surface area contributed by atoms with Crippen LogP contribution < -0.4 is 11.1 Å². The fourth-order valence-corrected chi connectivity index (χ4v) is 2.89. The Morgan fingerprint density at radius 3 is 2.45 bits per heavy atom. The van der Waals surface area contributed by atoms with E-state index in [9.17, 15) is 14.7 Å². The number of carbonyl (C=O) groups is 2. The highest BCUT2D eigenvalue weighted by Crippen LogP contribution is 2.34. The summed E-state index contributed by atoms with van der Waals surface area (Å²) in [5, 5.41) is 12.3. The van der Waals surface area contributed by atoms with Crippen LogP contribution in [-0.4, -0.2) is 29.1 Å². The average molecular weight is 284 g/mol. The molecule has 1 saturated carbocycles. The molecule has 0 spiro atoms. The minimum atomic E-state index is -1.06. The molecule has 1 unspecified atom stereocenters. The van der Waals surface area contributed by atoms with Gasteiger partial charge in [0.05, 0.1) is 0 Å². The third-order valence-corrected chi connectivity index (χ3v) is 4.60. The van der Waals surface area contributed by atoms with Crippen molar-refractivity contribution in [2.75, 3.05) is 6.54 Å². The second-order valence-electron chi connectivity index (χ2n) is 6.06. The van der Waals surface area contributed by atoms with E-state index in [-0.39, 0.29) is 11.8 Å². The molecule has 1 rings (SSSR count). The van der Waals surface area contributed by atoms with Gasteiger partial charge in [-0.1, -0.05) is 20.3 Å². The van der Waals surface area contributed by atoms with E-state index in [4.69, 9.17) is 5.73 Å². The lowest BCUT2D eigenvalue weighted by Crippen LogP contribution is -2.57. The van der Waals surface area contributed by atoms with E-state index in [0.29, 0.717) is 31.7 Å². The van der Waals surface area contributed by atoms with Gasteiger partial charge in [0.25, 0.3) is 0 Å². The number of rotatable bonds is 7. The van der Waals surface area contributed by atoms with Crippen LogP contribution >= 0.6 is 0 Å². The van der Waals surface area contributed by atoms with Crippen LogP contribution in [0.2, 0.25) is 0 Å². The molecule has 0 heterocycles. The normalized spacial score (nSPS) is 27.9. The Morgan fingerprint density at radius 1 is 1.40 bits per heavy atom. The molecule has 5 heteroatoms. The van der Waals surface area contributed by atoms with Crippen molar-refractivity contribution in [1.82, 2.24) is 5.32 Å². The summed E-state index contributed by atoms with van der Waals surface area (Å²) in [6, 6.07) is 0. The van der Waals surface area contributed by atoms with Crippen LogP contribution in [0, 0.1) is 11.8 Å². The van der Waals surface area contributed by atoms with Crippen molar-refractivity contribution >= 4 is 11.9 Å². The van der Waals surface area contributed by atoms with Crippen molar-refractivity contribution in [3.8, 4) is 0 Å². The van der Waals surface area contributed by atoms with Gasteiger partial charge in [0.15, 0.2) is 0 Å². The Morgan fingerprint density at radius 2 is 2.00 bits per heavy atom. The van der Waals surface area contributed by atoms with Gasteiger partial charge in [-0.15, -0.1) is 0 Å². The third-order valence-electron chi connectivity index (χ3n) is 4.60. The van der Waals surface area contributed by atoms with E-state index >= 15 is 0 Å². The minimum absolute atomic E-state index is 0.157. The van der Waals surface area contributed by atoms with Gasteiger partial charge in [0.2, 0.25) is 5.91 Å². The number of carbonyl (C=O) groups excluding carboxylic acids is 1. The molecule has 20 heavy (non-hydrogen) atoms. The number of hydrogen-bond acceptors (Lipinski definition) is 3. The molecule has 5 nitrogen and oxygen atoms in total. The van der Waals surface area contributed by atoms with Crippen LogP contribution in [-0.2, 0) is 9.59 Å². The molecule has 4 N–H and O–H groups in total. The molecule has 0 saturated heterocycles. The summed E-state index contributed by atoms with van der Waals surface area (Å²) in [4.78, 5) is 23.8. The first-order chi connectivity index (χ1) is 9.45. The largest absolute Gasteiger partial charge is 0.480 e. The first kappa shape index (κ1) is 17.0. The minimum Gasteiger partial charge on any atom is -0.480 e. The first-order valence-electron chi connectivity index (χ1n) is 7.70. The molecule has 0 aromatic heterocycles. The van der Waals surface area contributed by atoms with Crippen LogP contribution in [0.15, 0.2) is 0 Å². The second-order valence-corrected chi connectivity index (χ2v) is 6.06. The quantitative estimate of drug-likeness (QED) is 0.665. The van der Waals surface area contributed by atoms with Gasteiger partial charge in [-0.05, 0) is 51.0 Å². The molecule has 116 valence electrons. The number of amides is 1. The maximum Gasteiger partial charge on any atom is 0.329 e. The fraction of sp³-hybridized carbons (Fsp3) is 0.867. The highest BCUT2D eigenvalue weighted by atomic mass is 16.4. The van der Waals surface area contributed by atoms with Crippen molar-refractivity contribution in [3.63, 3.8) is 0 Å². The lowest BCUT2D eigenvalue weighted by molar-refractivity contribution is -0.150. The molecule has 0 radical (unpaired) electrons. The molecule has 0 aromatic rings. The Labute approximate surface area is 121 Å². The van der Waals surface area contributed by atoms with Crippen molar-refractivity contribution in [3.05, 3.63) is 0 Å². The summed E-state index contributed by atoms with van der Waals surface area (Å²) in [6.45, 7) is 4.52. The highest BCUT2D eigenvalue weighted by molar-refractivity contribution is 5.88. The third kappa shape index (κ3) is 4.20. The number of nitrogens with one attached hydrogen (secondary N) is 1. The zero-order chi connectivity index (χ0) is 15.2. The standard InChI is InChI=1S/C15H28N2O3/c1-3-12-6-8-15(9-7-12,14(19)20)17-13(18)11(2)5-4-10-16/h11-12H,3-10,16H2,1-2H3,(H,17,18)(H,19,20). The van der Waals surface area contributed by atoms with E-state index in [1.54, 1.807) is 0 Å². The van der Waals surface area contributed by atoms with Gasteiger partial charge in [-0.2, -0.15) is 0 Å². The molecule has 1 aliphatic carbocycles. The number of carboxylic acid groups (broad SMARTS) is 1. The molecule has 0 aromatic carbocycles. The lowest BCUT2D eigenvalue weighted by Gasteiger charge is -2.37. The second kappa shape index (κ2) is 7.62. The number of hydrogen-bond donors (Lipinski definition) is 3. The topological polar surface area (TPSA) is 92.4 Å². The van der Waals surface area contributed by atoms with Crippen molar-refractivity contribution in [1.29, 1.82) is 0 Å². The SMILES string of the molecule is CCC1CCC(NC(=O)C(C)CCCN)(C(=O)O)CC1. The van der Waals surface area contributed by atoms with E-state index in [1.807, 2.05) is 6.92 Å². The van der Waals surface area contributed by atoms with Crippen LogP contribution in [0.5, 0.6) is 0 Å². The lowest BCUT2D eigenvalue weighted by atomic mass is 9.75. The molecular formula is C15H28N2O3. The number of carboxylic acids is 1. The molecule has 0 aliphatic heterocycles. The first-order valence-corrected chi connectivity index (χ1v) is 7.70. The Bertz CT molecular complexity index is 336. The predicted octanol–water partition coefficient (Wildman–Crippen LogP) is 1.90. The van der Waals surface area contributed by atoms with E-state index in [2.05, 4.69) is 12.2 Å². The molecular weight excluding hydrogens is 256 g/mol. The number of nitrogens with two attached hydrogens (primary N) is 1. The highest BCUT2D eigenvalue weighted by Gasteiger charge is 2.43. The monoisotopic (exact) mass is 284 g/mol. The molecule has 1 aliphatic rings. The maximum atomic E-state index is 12.2. The van der Waals surface area contributed by atoms with Gasteiger partial charge in [0, 0.05) is 5.92 Å². The van der Waals surface area contributed by atoms with E-state index < -0.39 is 11.5 Å². The Hall–Kier alpha value is -1.10. The maximum absolute atomic E-state index is 12.2. The molecule has 1 atom stereocenters. The van der Waals surface area contributed by atoms with Gasteiger partial charge in [-0.3, -0.25) is 4.79 Å². The van der Waals surface area contributed by atoms with Crippen LogP contribution in [0.25, 0.3) is 0 Å². The van der Waals surface area contributed by atoms with Gasteiger partial charge in [-0.25, -0.2) is 4.79 Å². The zero-order valence-corrected chi connectivity index (χ0v) is 12.7. The van der Waals surface area contributed by atoms with Crippen LogP contribution in [0.4, 0.5) is 0 Å². The fourth-order valence-electron chi connectivity index (χ4n) is 2.89. The van der Waals surface area contributed by atoms with E-state index in [0.717, 1.165) is 25.7 Å². The van der Waals surface area contributed by atoms with Crippen LogP contribution in [0.1, 0.15) is 58.8 Å².